The fourth-order valence-corrected chi connectivity index (χ4v) is 0.752. The maximum absolute atomic E-state index is 11.0. The number of aryl methyl sites for hydroxylation is 1. The van der Waals surface area contributed by atoms with Crippen LogP contribution in [0.25, 0.3) is 0 Å². The van der Waals surface area contributed by atoms with Gasteiger partial charge in [0.1, 0.15) is 12.0 Å². The second kappa shape index (κ2) is 3.09. The number of aromatic nitrogens is 1. The number of rotatable bonds is 3. The van der Waals surface area contributed by atoms with Gasteiger partial charge in [0.05, 0.1) is 18.2 Å². The van der Waals surface area contributed by atoms with Crippen LogP contribution < -0.4 is 0 Å². The molecular formula is C7H7NO3. The molecule has 0 saturated heterocycles. The van der Waals surface area contributed by atoms with Crippen LogP contribution in [0, 0.1) is 6.92 Å². The molecule has 1 rings (SSSR count). The van der Waals surface area contributed by atoms with Gasteiger partial charge >= 0.3 is 0 Å². The average Bonchev–Trinajstić information content (AvgIpc) is 2.36. The molecule has 0 aliphatic rings. The Morgan fingerprint density at radius 1 is 1.82 bits per heavy atom. The third kappa shape index (κ3) is 1.52. The minimum Gasteiger partial charge on any atom is -0.361 e. The van der Waals surface area contributed by atoms with Crippen molar-refractivity contribution in [2.24, 2.45) is 0 Å². The van der Waals surface area contributed by atoms with Gasteiger partial charge in [-0.05, 0) is 6.92 Å². The van der Waals surface area contributed by atoms with Gasteiger partial charge in [-0.2, -0.15) is 0 Å². The van der Waals surface area contributed by atoms with E-state index in [0.29, 0.717) is 17.6 Å². The molecule has 1 heterocycles. The number of nitrogens with zero attached hydrogens (tertiary/aromatic N) is 1. The Labute approximate surface area is 63.2 Å². The molecule has 1 aromatic rings. The van der Waals surface area contributed by atoms with Crippen LogP contribution in [-0.4, -0.2) is 17.2 Å². The van der Waals surface area contributed by atoms with Crippen molar-refractivity contribution in [3.63, 3.8) is 0 Å². The summed E-state index contributed by atoms with van der Waals surface area (Å²) in [6, 6.07) is 0. The van der Waals surface area contributed by atoms with Gasteiger partial charge in [-0.1, -0.05) is 5.16 Å². The Morgan fingerprint density at radius 2 is 2.55 bits per heavy atom. The maximum atomic E-state index is 11.0. The smallest absolute Gasteiger partial charge is 0.175 e. The summed E-state index contributed by atoms with van der Waals surface area (Å²) in [5, 5.41) is 3.41. The third-order valence-corrected chi connectivity index (χ3v) is 1.32. The summed E-state index contributed by atoms with van der Waals surface area (Å²) in [6.07, 6.45) is 1.78. The SMILES string of the molecule is Cc1oncc1C(=O)CC=O. The van der Waals surface area contributed by atoms with Crippen LogP contribution in [0.3, 0.4) is 0 Å². The Hall–Kier alpha value is -1.45. The lowest BCUT2D eigenvalue weighted by molar-refractivity contribution is -0.107. The second-order valence-electron chi connectivity index (χ2n) is 2.09. The normalized spacial score (nSPS) is 9.55. The number of ketones is 1. The van der Waals surface area contributed by atoms with Crippen LogP contribution in [0.5, 0.6) is 0 Å². The lowest BCUT2D eigenvalue weighted by Crippen LogP contribution is -1.99. The number of Topliss-reactive ketones (excluding diaryl/α,β-unsaturated/α-hetero) is 1. The molecule has 0 spiro atoms. The molecule has 0 saturated carbocycles. The van der Waals surface area contributed by atoms with E-state index in [9.17, 15) is 9.59 Å². The van der Waals surface area contributed by atoms with Crippen LogP contribution in [0.1, 0.15) is 22.5 Å². The van der Waals surface area contributed by atoms with E-state index in [1.54, 1.807) is 6.92 Å². The molecule has 4 nitrogen and oxygen atoms in total. The van der Waals surface area contributed by atoms with E-state index in [4.69, 9.17) is 0 Å². The van der Waals surface area contributed by atoms with Crippen molar-refractivity contribution in [3.8, 4) is 0 Å². The van der Waals surface area contributed by atoms with E-state index in [1.807, 2.05) is 0 Å². The van der Waals surface area contributed by atoms with E-state index < -0.39 is 0 Å². The minimum absolute atomic E-state index is 0.109. The highest BCUT2D eigenvalue weighted by Crippen LogP contribution is 2.07. The molecular weight excluding hydrogens is 146 g/mol. The van der Waals surface area contributed by atoms with Crippen molar-refractivity contribution < 1.29 is 14.1 Å². The van der Waals surface area contributed by atoms with Crippen LogP contribution in [0.15, 0.2) is 10.7 Å². The number of hydrogen-bond donors (Lipinski definition) is 0. The molecule has 4 heteroatoms. The van der Waals surface area contributed by atoms with Crippen molar-refractivity contribution >= 4 is 12.1 Å². The molecule has 0 radical (unpaired) electrons. The Balaban J connectivity index is 2.83. The van der Waals surface area contributed by atoms with Crippen molar-refractivity contribution in [2.45, 2.75) is 13.3 Å². The van der Waals surface area contributed by atoms with E-state index in [2.05, 4.69) is 9.68 Å². The number of aldehydes is 1. The molecule has 0 amide bonds. The predicted octanol–water partition coefficient (Wildman–Crippen LogP) is 0.755. The quantitative estimate of drug-likeness (QED) is 0.365. The summed E-state index contributed by atoms with van der Waals surface area (Å²) in [6.45, 7) is 1.63. The zero-order valence-electron chi connectivity index (χ0n) is 6.03. The first-order chi connectivity index (χ1) is 5.25. The summed E-state index contributed by atoms with van der Waals surface area (Å²) in [4.78, 5) is 20.9. The lowest BCUT2D eigenvalue weighted by Gasteiger charge is -1.88. The Morgan fingerprint density at radius 3 is 3.00 bits per heavy atom. The van der Waals surface area contributed by atoms with Gasteiger partial charge < -0.3 is 9.32 Å². The molecule has 1 aromatic heterocycles. The fraction of sp³-hybridized carbons (Fsp3) is 0.286. The Kier molecular flexibility index (Phi) is 2.15. The van der Waals surface area contributed by atoms with Gasteiger partial charge in [0, 0.05) is 0 Å². The monoisotopic (exact) mass is 153 g/mol. The van der Waals surface area contributed by atoms with E-state index in [0.717, 1.165) is 0 Å². The highest BCUT2D eigenvalue weighted by molar-refractivity contribution is 6.03. The standard InChI is InChI=1S/C7H7NO3/c1-5-6(4-8-11-5)7(10)2-3-9/h3-4H,2H2,1H3. The first kappa shape index (κ1) is 7.65. The van der Waals surface area contributed by atoms with Crippen molar-refractivity contribution in [1.82, 2.24) is 5.16 Å². The van der Waals surface area contributed by atoms with Crippen molar-refractivity contribution in [2.75, 3.05) is 0 Å². The van der Waals surface area contributed by atoms with Gasteiger partial charge in [-0.3, -0.25) is 4.79 Å². The molecule has 0 aromatic carbocycles. The van der Waals surface area contributed by atoms with E-state index in [1.165, 1.54) is 6.20 Å². The molecule has 0 aliphatic heterocycles. The zero-order valence-corrected chi connectivity index (χ0v) is 6.03. The summed E-state index contributed by atoms with van der Waals surface area (Å²) < 4.78 is 4.65. The van der Waals surface area contributed by atoms with Gasteiger partial charge in [-0.15, -0.1) is 0 Å². The Bertz CT molecular complexity index is 277. The number of carbonyl (C=O) groups is 2. The fourth-order valence-electron chi connectivity index (χ4n) is 0.752. The van der Waals surface area contributed by atoms with Crippen molar-refractivity contribution in [1.29, 1.82) is 0 Å². The molecule has 0 fully saturated rings. The van der Waals surface area contributed by atoms with Gasteiger partial charge in [0.2, 0.25) is 0 Å². The first-order valence-corrected chi connectivity index (χ1v) is 3.14. The second-order valence-corrected chi connectivity index (χ2v) is 2.09. The highest BCUT2D eigenvalue weighted by atomic mass is 16.5. The molecule has 0 bridgehead atoms. The summed E-state index contributed by atoms with van der Waals surface area (Å²) in [5.74, 6) is 0.204. The summed E-state index contributed by atoms with van der Waals surface area (Å²) in [5.41, 5.74) is 0.386. The zero-order chi connectivity index (χ0) is 8.27. The topological polar surface area (TPSA) is 60.2 Å². The predicted molar refractivity (Wildman–Crippen MR) is 36.3 cm³/mol. The van der Waals surface area contributed by atoms with E-state index in [-0.39, 0.29) is 12.2 Å². The molecule has 0 atom stereocenters. The van der Waals surface area contributed by atoms with E-state index >= 15 is 0 Å². The number of hydrogen-bond acceptors (Lipinski definition) is 4. The van der Waals surface area contributed by atoms with Crippen LogP contribution in [-0.2, 0) is 4.79 Å². The largest absolute Gasteiger partial charge is 0.361 e. The van der Waals surface area contributed by atoms with Crippen LogP contribution in [0.2, 0.25) is 0 Å². The van der Waals surface area contributed by atoms with Gasteiger partial charge in [0.15, 0.2) is 5.78 Å². The summed E-state index contributed by atoms with van der Waals surface area (Å²) >= 11 is 0. The van der Waals surface area contributed by atoms with Crippen LogP contribution in [0.4, 0.5) is 0 Å². The highest BCUT2D eigenvalue weighted by Gasteiger charge is 2.11. The lowest BCUT2D eigenvalue weighted by atomic mass is 10.1. The molecule has 11 heavy (non-hydrogen) atoms. The molecule has 0 aliphatic carbocycles. The molecule has 58 valence electrons. The summed E-state index contributed by atoms with van der Waals surface area (Å²) in [7, 11) is 0. The average molecular weight is 153 g/mol. The van der Waals surface area contributed by atoms with Gasteiger partial charge in [-0.25, -0.2) is 0 Å². The number of carbonyl (C=O) groups excluding carboxylic acids is 2. The molecule has 0 N–H and O–H groups in total. The first-order valence-electron chi connectivity index (χ1n) is 3.14. The van der Waals surface area contributed by atoms with Crippen molar-refractivity contribution in [3.05, 3.63) is 17.5 Å². The van der Waals surface area contributed by atoms with Gasteiger partial charge in [0.25, 0.3) is 0 Å². The minimum atomic E-state index is -0.251. The third-order valence-electron chi connectivity index (χ3n) is 1.32. The van der Waals surface area contributed by atoms with Crippen LogP contribution >= 0.6 is 0 Å². The maximum Gasteiger partial charge on any atom is 0.175 e. The molecule has 0 unspecified atom stereocenters.